The van der Waals surface area contributed by atoms with Gasteiger partial charge in [-0.1, -0.05) is 12.7 Å². The molecule has 1 saturated heterocycles. The third-order valence-corrected chi connectivity index (χ3v) is 2.55. The Kier molecular flexibility index (Phi) is 3.13. The van der Waals surface area contributed by atoms with Crippen LogP contribution in [0.1, 0.15) is 18.1 Å². The van der Waals surface area contributed by atoms with E-state index in [1.54, 1.807) is 6.92 Å². The largest absolute Gasteiger partial charge is 0.586 e. The average molecular weight is 264 g/mol. The molecule has 1 fully saturated rings. The van der Waals surface area contributed by atoms with E-state index in [0.717, 1.165) is 0 Å². The molecule has 19 heavy (non-hydrogen) atoms. The van der Waals surface area contributed by atoms with Crippen molar-refractivity contribution in [1.29, 1.82) is 5.26 Å². The van der Waals surface area contributed by atoms with Gasteiger partial charge in [-0.25, -0.2) is 0 Å². The fraction of sp³-hybridized carbons (Fsp3) is 0.154. The highest BCUT2D eigenvalue weighted by molar-refractivity contribution is 5.73. The van der Waals surface area contributed by atoms with Crippen molar-refractivity contribution in [2.45, 2.75) is 13.2 Å². The Balaban J connectivity index is 2.54. The molecule has 0 aliphatic carbocycles. The normalized spacial score (nSPS) is 21.5. The number of alkyl halides is 2. The molecule has 6 heteroatoms. The highest BCUT2D eigenvalue weighted by Crippen LogP contribution is 2.40. The van der Waals surface area contributed by atoms with Gasteiger partial charge in [0.2, 0.25) is 0 Å². The number of nitrogens with one attached hydrogen (secondary N) is 1. The molecule has 98 valence electrons. The lowest BCUT2D eigenvalue weighted by atomic mass is 10.1. The lowest BCUT2D eigenvalue weighted by molar-refractivity contribution is -0.326. The van der Waals surface area contributed by atoms with Gasteiger partial charge in [0.15, 0.2) is 11.5 Å². The van der Waals surface area contributed by atoms with Crippen LogP contribution in [0.3, 0.4) is 0 Å². The van der Waals surface area contributed by atoms with Crippen LogP contribution in [0.5, 0.6) is 0 Å². The topological polar surface area (TPSA) is 58.0 Å². The molecule has 0 radical (unpaired) electrons. The molecule has 0 spiro atoms. The minimum Gasteiger partial charge on any atom is -0.395 e. The molecule has 1 aromatic heterocycles. The smallest absolute Gasteiger partial charge is 0.395 e. The van der Waals surface area contributed by atoms with Crippen molar-refractivity contribution in [2.24, 2.45) is 0 Å². The van der Waals surface area contributed by atoms with Crippen molar-refractivity contribution in [2.75, 3.05) is 0 Å². The van der Waals surface area contributed by atoms with Crippen LogP contribution in [0.4, 0.5) is 8.78 Å². The zero-order chi connectivity index (χ0) is 14.0. The summed E-state index contributed by atoms with van der Waals surface area (Å²) in [6, 6.07) is 1.96. The molecule has 2 heterocycles. The number of nitriles is 1. The molecule has 0 saturated carbocycles. The first-order valence-corrected chi connectivity index (χ1v) is 5.35. The van der Waals surface area contributed by atoms with Gasteiger partial charge in [-0.15, -0.1) is 8.78 Å². The summed E-state index contributed by atoms with van der Waals surface area (Å²) in [6.07, 6.45) is 1.89. The summed E-state index contributed by atoms with van der Waals surface area (Å²) in [5.74, 6) is -0.233. The molecule has 0 bridgehead atoms. The van der Waals surface area contributed by atoms with Crippen molar-refractivity contribution >= 4 is 5.57 Å². The second-order valence-electron chi connectivity index (χ2n) is 3.78. The maximum atomic E-state index is 13.1. The number of allylic oxidation sites excluding steroid dienone is 3. The Hall–Kier alpha value is -2.55. The number of halogens is 2. The van der Waals surface area contributed by atoms with E-state index >= 15 is 0 Å². The van der Waals surface area contributed by atoms with E-state index in [0.29, 0.717) is 16.7 Å². The van der Waals surface area contributed by atoms with Crippen LogP contribution in [0.15, 0.2) is 42.6 Å². The third-order valence-electron chi connectivity index (χ3n) is 2.55. The van der Waals surface area contributed by atoms with Gasteiger partial charge in [0, 0.05) is 23.5 Å². The predicted octanol–water partition coefficient (Wildman–Crippen LogP) is 3.28. The lowest BCUT2D eigenvalue weighted by Gasteiger charge is -2.05. The molecule has 2 rings (SSSR count). The van der Waals surface area contributed by atoms with Crippen LogP contribution in [0.2, 0.25) is 0 Å². The van der Waals surface area contributed by atoms with Crippen molar-refractivity contribution < 1.29 is 18.3 Å². The zero-order valence-electron chi connectivity index (χ0n) is 10.0. The number of aromatic nitrogens is 1. The van der Waals surface area contributed by atoms with Crippen LogP contribution in [0, 0.1) is 11.3 Å². The predicted molar refractivity (Wildman–Crippen MR) is 63.5 cm³/mol. The summed E-state index contributed by atoms with van der Waals surface area (Å²) in [6.45, 7) is 4.99. The zero-order valence-corrected chi connectivity index (χ0v) is 10.0. The SMILES string of the molecule is C=C/C=C1/OC(F)(F)O/C1=C(/C)c1c[nH]cc1C#N. The molecule has 0 amide bonds. The van der Waals surface area contributed by atoms with Gasteiger partial charge in [0.25, 0.3) is 0 Å². The summed E-state index contributed by atoms with van der Waals surface area (Å²) in [5.41, 5.74) is 1.19. The Morgan fingerprint density at radius 3 is 2.84 bits per heavy atom. The summed E-state index contributed by atoms with van der Waals surface area (Å²) >= 11 is 0. The quantitative estimate of drug-likeness (QED) is 0.891. The van der Waals surface area contributed by atoms with Crippen LogP contribution in [-0.2, 0) is 9.47 Å². The van der Waals surface area contributed by atoms with Gasteiger partial charge < -0.3 is 14.5 Å². The number of ether oxygens (including phenoxy) is 2. The monoisotopic (exact) mass is 264 g/mol. The second kappa shape index (κ2) is 4.61. The first kappa shape index (κ1) is 12.9. The molecule has 1 aliphatic heterocycles. The first-order chi connectivity index (χ1) is 8.98. The summed E-state index contributed by atoms with van der Waals surface area (Å²) < 4.78 is 35.1. The van der Waals surface area contributed by atoms with Crippen LogP contribution in [0.25, 0.3) is 5.57 Å². The average Bonchev–Trinajstić information content (AvgIpc) is 2.92. The molecule has 1 aliphatic rings. The van der Waals surface area contributed by atoms with Gasteiger partial charge >= 0.3 is 6.29 Å². The molecular weight excluding hydrogens is 254 g/mol. The summed E-state index contributed by atoms with van der Waals surface area (Å²) in [4.78, 5) is 2.74. The Morgan fingerprint density at radius 2 is 2.21 bits per heavy atom. The molecule has 1 N–H and O–H groups in total. The van der Waals surface area contributed by atoms with Gasteiger partial charge in [-0.3, -0.25) is 0 Å². The number of hydrogen-bond donors (Lipinski definition) is 1. The Labute approximate surface area is 108 Å². The fourth-order valence-electron chi connectivity index (χ4n) is 1.73. The number of H-pyrrole nitrogens is 1. The van der Waals surface area contributed by atoms with Crippen LogP contribution in [-0.4, -0.2) is 11.3 Å². The van der Waals surface area contributed by atoms with Crippen molar-refractivity contribution in [3.63, 3.8) is 0 Å². The van der Waals surface area contributed by atoms with Gasteiger partial charge in [0.1, 0.15) is 6.07 Å². The molecular formula is C13H10F2N2O2. The minimum atomic E-state index is -3.71. The minimum absolute atomic E-state index is 0.110. The molecule has 0 unspecified atom stereocenters. The summed E-state index contributed by atoms with van der Waals surface area (Å²) in [5, 5.41) is 8.93. The molecule has 0 aromatic carbocycles. The van der Waals surface area contributed by atoms with Crippen LogP contribution < -0.4 is 0 Å². The maximum absolute atomic E-state index is 13.1. The number of aromatic amines is 1. The van der Waals surface area contributed by atoms with Crippen molar-refractivity contribution in [1.82, 2.24) is 4.98 Å². The number of nitrogens with zero attached hydrogens (tertiary/aromatic N) is 1. The Bertz CT molecular complexity index is 621. The fourth-order valence-corrected chi connectivity index (χ4v) is 1.73. The lowest BCUT2D eigenvalue weighted by Crippen LogP contribution is -2.14. The van der Waals surface area contributed by atoms with Gasteiger partial charge in [0.05, 0.1) is 5.56 Å². The number of hydrogen-bond acceptors (Lipinski definition) is 3. The van der Waals surface area contributed by atoms with Crippen molar-refractivity contribution in [3.8, 4) is 6.07 Å². The van der Waals surface area contributed by atoms with E-state index in [-0.39, 0.29) is 11.5 Å². The van der Waals surface area contributed by atoms with Crippen LogP contribution >= 0.6 is 0 Å². The first-order valence-electron chi connectivity index (χ1n) is 5.35. The van der Waals surface area contributed by atoms with E-state index in [4.69, 9.17) is 5.26 Å². The highest BCUT2D eigenvalue weighted by atomic mass is 19.3. The van der Waals surface area contributed by atoms with Gasteiger partial charge in [-0.2, -0.15) is 5.26 Å². The van der Waals surface area contributed by atoms with Gasteiger partial charge in [-0.05, 0) is 13.0 Å². The van der Waals surface area contributed by atoms with E-state index in [1.807, 2.05) is 6.07 Å². The number of rotatable bonds is 2. The third kappa shape index (κ3) is 2.36. The molecule has 4 nitrogen and oxygen atoms in total. The maximum Gasteiger partial charge on any atom is 0.586 e. The van der Waals surface area contributed by atoms with E-state index in [2.05, 4.69) is 21.0 Å². The van der Waals surface area contributed by atoms with E-state index in [1.165, 1.54) is 24.5 Å². The second-order valence-corrected chi connectivity index (χ2v) is 3.78. The molecule has 1 aromatic rings. The standard InChI is InChI=1S/C13H10F2N2O2/c1-3-4-11-12(19-13(14,15)18-11)8(2)10-7-17-6-9(10)5-16/h3-4,6-7,17H,1H2,2H3/b11-4+,12-8-. The highest BCUT2D eigenvalue weighted by Gasteiger charge is 2.46. The van der Waals surface area contributed by atoms with E-state index in [9.17, 15) is 8.78 Å². The Morgan fingerprint density at radius 1 is 1.47 bits per heavy atom. The van der Waals surface area contributed by atoms with E-state index < -0.39 is 6.29 Å². The molecule has 0 atom stereocenters. The summed E-state index contributed by atoms with van der Waals surface area (Å²) in [7, 11) is 0. The van der Waals surface area contributed by atoms with Crippen molar-refractivity contribution in [3.05, 3.63) is 53.8 Å².